The van der Waals surface area contributed by atoms with Gasteiger partial charge in [-0.2, -0.15) is 0 Å². The van der Waals surface area contributed by atoms with Gasteiger partial charge in [-0.25, -0.2) is 0 Å². The molecule has 1 saturated carbocycles. The van der Waals surface area contributed by atoms with Crippen LogP contribution in [0.15, 0.2) is 60.2 Å². The molecule has 4 rings (SSSR count). The van der Waals surface area contributed by atoms with Crippen LogP contribution in [0.4, 0.5) is 5.69 Å². The highest BCUT2D eigenvalue weighted by atomic mass is 32.1. The third-order valence-electron chi connectivity index (χ3n) is 5.04. The predicted molar refractivity (Wildman–Crippen MR) is 108 cm³/mol. The van der Waals surface area contributed by atoms with Crippen LogP contribution in [-0.4, -0.2) is 10.9 Å². The first-order valence-corrected chi connectivity index (χ1v) is 10.1. The molecule has 1 aromatic carbocycles. The van der Waals surface area contributed by atoms with Crippen molar-refractivity contribution in [3.05, 3.63) is 70.7 Å². The summed E-state index contributed by atoms with van der Waals surface area (Å²) in [6.45, 7) is 0. The molecule has 0 saturated heterocycles. The van der Waals surface area contributed by atoms with Gasteiger partial charge in [0, 0.05) is 22.0 Å². The van der Waals surface area contributed by atoms with Gasteiger partial charge >= 0.3 is 0 Å². The molecule has 1 fully saturated rings. The van der Waals surface area contributed by atoms with Gasteiger partial charge in [0.2, 0.25) is 0 Å². The molecule has 2 heterocycles. The van der Waals surface area contributed by atoms with Crippen LogP contribution >= 0.6 is 11.3 Å². The molecular formula is C22H22N2OS. The zero-order chi connectivity index (χ0) is 17.8. The third-order valence-corrected chi connectivity index (χ3v) is 6.14. The van der Waals surface area contributed by atoms with E-state index in [1.165, 1.54) is 37.0 Å². The molecule has 1 aliphatic carbocycles. The number of anilines is 1. The van der Waals surface area contributed by atoms with Crippen molar-refractivity contribution in [3.63, 3.8) is 0 Å². The van der Waals surface area contributed by atoms with Crippen LogP contribution in [0, 0.1) is 0 Å². The lowest BCUT2D eigenvalue weighted by Gasteiger charge is -2.19. The van der Waals surface area contributed by atoms with E-state index in [0.717, 1.165) is 22.4 Å². The number of rotatable bonds is 4. The summed E-state index contributed by atoms with van der Waals surface area (Å²) in [5.41, 5.74) is 3.54. The van der Waals surface area contributed by atoms with Crippen molar-refractivity contribution >= 4 is 22.9 Å². The maximum Gasteiger partial charge on any atom is 0.256 e. The maximum absolute atomic E-state index is 12.8. The number of amides is 1. The molecule has 0 unspecified atom stereocenters. The Hall–Kier alpha value is -2.46. The van der Waals surface area contributed by atoms with Crippen LogP contribution in [0.1, 0.15) is 53.3 Å². The number of hydrogen-bond acceptors (Lipinski definition) is 3. The van der Waals surface area contributed by atoms with Crippen molar-refractivity contribution in [1.29, 1.82) is 0 Å². The number of hydrogen-bond donors (Lipinski definition) is 1. The Morgan fingerprint density at radius 2 is 1.88 bits per heavy atom. The second kappa shape index (κ2) is 7.83. The van der Waals surface area contributed by atoms with Crippen molar-refractivity contribution < 1.29 is 4.79 Å². The van der Waals surface area contributed by atoms with E-state index in [-0.39, 0.29) is 5.91 Å². The Labute approximate surface area is 158 Å². The first kappa shape index (κ1) is 17.0. The van der Waals surface area contributed by atoms with E-state index in [1.807, 2.05) is 41.8 Å². The normalized spacial score (nSPS) is 14.9. The summed E-state index contributed by atoms with van der Waals surface area (Å²) in [4.78, 5) is 18.3. The number of aromatic nitrogens is 1. The molecular weight excluding hydrogens is 340 g/mol. The second-order valence-electron chi connectivity index (χ2n) is 6.81. The van der Waals surface area contributed by atoms with Gasteiger partial charge in [0.25, 0.3) is 5.91 Å². The third kappa shape index (κ3) is 3.70. The Balaban J connectivity index is 1.53. The van der Waals surface area contributed by atoms with Crippen LogP contribution in [0.25, 0.3) is 11.1 Å². The summed E-state index contributed by atoms with van der Waals surface area (Å²) in [6, 6.07) is 14.1. The zero-order valence-electron chi connectivity index (χ0n) is 14.7. The minimum absolute atomic E-state index is 0.0616. The lowest BCUT2D eigenvalue weighted by Crippen LogP contribution is -2.12. The minimum atomic E-state index is -0.0616. The number of nitrogens with one attached hydrogen (secondary N) is 1. The molecule has 0 atom stereocenters. The fourth-order valence-electron chi connectivity index (χ4n) is 3.63. The molecule has 26 heavy (non-hydrogen) atoms. The Bertz CT molecular complexity index is 882. The molecule has 0 bridgehead atoms. The van der Waals surface area contributed by atoms with E-state index < -0.39 is 0 Å². The summed E-state index contributed by atoms with van der Waals surface area (Å²) >= 11 is 1.72. The van der Waals surface area contributed by atoms with Gasteiger partial charge in [-0.1, -0.05) is 49.6 Å². The van der Waals surface area contributed by atoms with E-state index in [4.69, 9.17) is 0 Å². The van der Waals surface area contributed by atoms with Gasteiger partial charge in [0.1, 0.15) is 0 Å². The molecule has 4 heteroatoms. The van der Waals surface area contributed by atoms with Crippen molar-refractivity contribution in [2.24, 2.45) is 0 Å². The highest BCUT2D eigenvalue weighted by Crippen LogP contribution is 2.36. The van der Waals surface area contributed by atoms with Crippen molar-refractivity contribution in [1.82, 2.24) is 4.98 Å². The lowest BCUT2D eigenvalue weighted by molar-refractivity contribution is 0.102. The van der Waals surface area contributed by atoms with Crippen LogP contribution in [-0.2, 0) is 0 Å². The minimum Gasteiger partial charge on any atom is -0.320 e. The number of pyridine rings is 1. The predicted octanol–water partition coefficient (Wildman–Crippen LogP) is 6.11. The fraction of sp³-hybridized carbons (Fsp3) is 0.273. The molecule has 1 N–H and O–H groups in total. The zero-order valence-corrected chi connectivity index (χ0v) is 15.5. The monoisotopic (exact) mass is 362 g/mol. The molecule has 0 spiro atoms. The number of carbonyl (C=O) groups is 1. The Morgan fingerprint density at radius 1 is 1.08 bits per heavy atom. The summed E-state index contributed by atoms with van der Waals surface area (Å²) in [5.74, 6) is 0.571. The topological polar surface area (TPSA) is 42.0 Å². The SMILES string of the molecule is O=C(Nc1cnccc1-c1ccccc1)c1csc(C2CCCCC2)c1. The first-order valence-electron chi connectivity index (χ1n) is 9.20. The molecule has 3 aromatic rings. The second-order valence-corrected chi connectivity index (χ2v) is 7.76. The van der Waals surface area contributed by atoms with E-state index in [2.05, 4.69) is 16.4 Å². The Morgan fingerprint density at radius 3 is 2.69 bits per heavy atom. The number of nitrogens with zero attached hydrogens (tertiary/aromatic N) is 1. The quantitative estimate of drug-likeness (QED) is 0.608. The first-order chi connectivity index (χ1) is 12.8. The van der Waals surface area contributed by atoms with Gasteiger partial charge in [-0.15, -0.1) is 11.3 Å². The Kier molecular flexibility index (Phi) is 5.12. The fourth-order valence-corrected chi connectivity index (χ4v) is 4.69. The lowest BCUT2D eigenvalue weighted by atomic mass is 9.88. The van der Waals surface area contributed by atoms with Gasteiger partial charge < -0.3 is 5.32 Å². The van der Waals surface area contributed by atoms with E-state index in [9.17, 15) is 4.79 Å². The van der Waals surface area contributed by atoms with Crippen molar-refractivity contribution in [2.45, 2.75) is 38.0 Å². The highest BCUT2D eigenvalue weighted by molar-refractivity contribution is 7.10. The molecule has 0 radical (unpaired) electrons. The summed E-state index contributed by atoms with van der Waals surface area (Å²) < 4.78 is 0. The van der Waals surface area contributed by atoms with Crippen molar-refractivity contribution in [3.8, 4) is 11.1 Å². The van der Waals surface area contributed by atoms with Gasteiger partial charge in [-0.05, 0) is 36.5 Å². The highest BCUT2D eigenvalue weighted by Gasteiger charge is 2.19. The largest absolute Gasteiger partial charge is 0.320 e. The summed E-state index contributed by atoms with van der Waals surface area (Å²) in [7, 11) is 0. The average molecular weight is 362 g/mol. The van der Waals surface area contributed by atoms with E-state index in [1.54, 1.807) is 23.7 Å². The number of carbonyl (C=O) groups excluding carboxylic acids is 1. The van der Waals surface area contributed by atoms with E-state index in [0.29, 0.717) is 5.92 Å². The van der Waals surface area contributed by atoms with Crippen LogP contribution in [0.5, 0.6) is 0 Å². The number of thiophene rings is 1. The standard InChI is InChI=1S/C22H22N2OS/c25-22(18-13-21(26-15-18)17-9-5-2-6-10-17)24-20-14-23-12-11-19(20)16-7-3-1-4-8-16/h1,3-4,7-8,11-15,17H,2,5-6,9-10H2,(H,24,25). The maximum atomic E-state index is 12.8. The molecule has 132 valence electrons. The van der Waals surface area contributed by atoms with Gasteiger partial charge in [0.05, 0.1) is 17.4 Å². The smallest absolute Gasteiger partial charge is 0.256 e. The number of benzene rings is 1. The van der Waals surface area contributed by atoms with Crippen LogP contribution < -0.4 is 5.32 Å². The van der Waals surface area contributed by atoms with E-state index >= 15 is 0 Å². The van der Waals surface area contributed by atoms with Crippen molar-refractivity contribution in [2.75, 3.05) is 5.32 Å². The summed E-state index contributed by atoms with van der Waals surface area (Å²) in [5, 5.41) is 5.03. The molecule has 0 aliphatic heterocycles. The summed E-state index contributed by atoms with van der Waals surface area (Å²) in [6.07, 6.45) is 9.93. The average Bonchev–Trinajstić information content (AvgIpc) is 3.20. The van der Waals surface area contributed by atoms with Crippen LogP contribution in [0.2, 0.25) is 0 Å². The van der Waals surface area contributed by atoms with Gasteiger partial charge in [0.15, 0.2) is 0 Å². The van der Waals surface area contributed by atoms with Gasteiger partial charge in [-0.3, -0.25) is 9.78 Å². The van der Waals surface area contributed by atoms with Crippen LogP contribution in [0.3, 0.4) is 0 Å². The molecule has 3 nitrogen and oxygen atoms in total. The molecule has 1 amide bonds. The molecule has 1 aliphatic rings. The molecule has 2 aromatic heterocycles.